The highest BCUT2D eigenvalue weighted by Crippen LogP contribution is 2.45. The Bertz CT molecular complexity index is 1740. The van der Waals surface area contributed by atoms with E-state index in [2.05, 4.69) is 107 Å². The third-order valence-corrected chi connectivity index (χ3v) is 7.28. The van der Waals surface area contributed by atoms with E-state index >= 15 is 0 Å². The fraction of sp³-hybridized carbons (Fsp3) is 0.0286. The normalized spacial score (nSPS) is 11.7. The Morgan fingerprint density at radius 1 is 0.405 bits per heavy atom. The summed E-state index contributed by atoms with van der Waals surface area (Å²) in [5.41, 5.74) is 15.0. The van der Waals surface area contributed by atoms with Crippen molar-refractivity contribution in [3.8, 4) is 55.6 Å². The summed E-state index contributed by atoms with van der Waals surface area (Å²) >= 11 is 0. The molecule has 4 aromatic carbocycles. The first-order chi connectivity index (χ1) is 18.3. The molecular weight excluding hydrogens is 448 g/mol. The minimum absolute atomic E-state index is 0.952. The molecule has 0 fully saturated rings. The topological polar surface area (TPSA) is 25.8 Å². The van der Waals surface area contributed by atoms with E-state index < -0.39 is 0 Å². The number of hydrogen-bond donors (Lipinski definition) is 0. The van der Waals surface area contributed by atoms with Gasteiger partial charge < -0.3 is 0 Å². The van der Waals surface area contributed by atoms with Crippen molar-refractivity contribution in [1.29, 1.82) is 0 Å². The van der Waals surface area contributed by atoms with Crippen molar-refractivity contribution >= 4 is 0 Å². The van der Waals surface area contributed by atoms with Crippen LogP contribution in [0.3, 0.4) is 0 Å². The van der Waals surface area contributed by atoms with Gasteiger partial charge in [0.05, 0.1) is 0 Å². The summed E-state index contributed by atoms with van der Waals surface area (Å²) in [7, 11) is 0. The smallest absolute Gasteiger partial charge is 0.0346 e. The van der Waals surface area contributed by atoms with Crippen molar-refractivity contribution in [2.24, 2.45) is 0 Å². The van der Waals surface area contributed by atoms with Crippen LogP contribution in [0.5, 0.6) is 0 Å². The molecule has 1 aliphatic carbocycles. The van der Waals surface area contributed by atoms with Crippen molar-refractivity contribution in [3.63, 3.8) is 0 Å². The maximum atomic E-state index is 4.33. The molecule has 0 aliphatic heterocycles. The second-order valence-corrected chi connectivity index (χ2v) is 9.53. The van der Waals surface area contributed by atoms with Gasteiger partial charge in [-0.1, -0.05) is 72.8 Å². The number of fused-ring (bicyclic) bond motifs is 3. The molecule has 0 amide bonds. The fourth-order valence-electron chi connectivity index (χ4n) is 5.47. The monoisotopic (exact) mass is 472 g/mol. The summed E-state index contributed by atoms with van der Waals surface area (Å²) in [5, 5.41) is 0. The van der Waals surface area contributed by atoms with Gasteiger partial charge in [0.1, 0.15) is 0 Å². The number of hydrogen-bond acceptors (Lipinski definition) is 2. The third-order valence-electron chi connectivity index (χ3n) is 7.28. The number of pyridine rings is 2. The molecule has 2 heteroatoms. The highest BCUT2D eigenvalue weighted by Gasteiger charge is 2.23. The highest BCUT2D eigenvalue weighted by molar-refractivity contribution is 5.90. The lowest BCUT2D eigenvalue weighted by molar-refractivity contribution is 1.26. The van der Waals surface area contributed by atoms with Crippen LogP contribution < -0.4 is 0 Å². The third kappa shape index (κ3) is 3.93. The van der Waals surface area contributed by atoms with Gasteiger partial charge in [-0.25, -0.2) is 0 Å². The maximum Gasteiger partial charge on any atom is 0.0346 e. The maximum absolute atomic E-state index is 4.33. The SMILES string of the molecule is c1cncc(-c2cccc(-c3cc(-c4cccc(-c5cccnc5)c4)c4c(c3)-c3ccccc3C4)c2)c1. The molecule has 0 unspecified atom stereocenters. The highest BCUT2D eigenvalue weighted by atomic mass is 14.6. The predicted octanol–water partition coefficient (Wildman–Crippen LogP) is 8.72. The first kappa shape index (κ1) is 21.5. The Labute approximate surface area is 217 Å². The lowest BCUT2D eigenvalue weighted by atomic mass is 9.89. The fourth-order valence-corrected chi connectivity index (χ4v) is 5.47. The van der Waals surface area contributed by atoms with Gasteiger partial charge in [-0.05, 0) is 98.5 Å². The number of aromatic nitrogens is 2. The molecular formula is C35H24N2. The summed E-state index contributed by atoms with van der Waals surface area (Å²) in [6, 6.07) is 39.4. The number of benzene rings is 4. The van der Waals surface area contributed by atoms with Crippen LogP contribution in [-0.2, 0) is 6.42 Å². The zero-order valence-electron chi connectivity index (χ0n) is 20.3. The van der Waals surface area contributed by atoms with E-state index in [1.165, 1.54) is 55.6 Å². The molecule has 0 spiro atoms. The van der Waals surface area contributed by atoms with E-state index in [1.807, 2.05) is 36.9 Å². The van der Waals surface area contributed by atoms with Crippen molar-refractivity contribution in [1.82, 2.24) is 9.97 Å². The van der Waals surface area contributed by atoms with Crippen LogP contribution in [0.25, 0.3) is 55.6 Å². The summed E-state index contributed by atoms with van der Waals surface area (Å²) in [4.78, 5) is 8.65. The standard InChI is InChI=1S/C35H24N2/c1-2-14-32-28(7-1)19-35-33(27-11-4-9-25(18-27)30-13-6-16-37-23-30)20-31(21-34(32)35)26-10-3-8-24(17-26)29-12-5-15-36-22-29/h1-18,20-23H,19H2. The average Bonchev–Trinajstić information content (AvgIpc) is 3.36. The number of nitrogens with zero attached hydrogens (tertiary/aromatic N) is 2. The Kier molecular flexibility index (Phi) is 5.22. The Balaban J connectivity index is 1.42. The first-order valence-electron chi connectivity index (χ1n) is 12.6. The first-order valence-corrected chi connectivity index (χ1v) is 12.6. The van der Waals surface area contributed by atoms with Gasteiger partial charge in [-0.3, -0.25) is 9.97 Å². The quantitative estimate of drug-likeness (QED) is 0.256. The minimum atomic E-state index is 0.952. The second kappa shape index (κ2) is 9.00. The molecule has 0 radical (unpaired) electrons. The van der Waals surface area contributed by atoms with Gasteiger partial charge >= 0.3 is 0 Å². The predicted molar refractivity (Wildman–Crippen MR) is 152 cm³/mol. The minimum Gasteiger partial charge on any atom is -0.264 e. The molecule has 6 aromatic rings. The van der Waals surface area contributed by atoms with Gasteiger partial charge in [-0.2, -0.15) is 0 Å². The van der Waals surface area contributed by atoms with E-state index in [0.717, 1.165) is 17.5 Å². The van der Waals surface area contributed by atoms with Gasteiger partial charge in [0, 0.05) is 35.9 Å². The van der Waals surface area contributed by atoms with Gasteiger partial charge in [0.2, 0.25) is 0 Å². The summed E-state index contributed by atoms with van der Waals surface area (Å²) in [5.74, 6) is 0. The van der Waals surface area contributed by atoms with Crippen LogP contribution in [0.1, 0.15) is 11.1 Å². The van der Waals surface area contributed by atoms with Crippen molar-refractivity contribution in [2.45, 2.75) is 6.42 Å². The molecule has 37 heavy (non-hydrogen) atoms. The average molecular weight is 473 g/mol. The molecule has 7 rings (SSSR count). The van der Waals surface area contributed by atoms with E-state index in [-0.39, 0.29) is 0 Å². The van der Waals surface area contributed by atoms with Gasteiger partial charge in [0.15, 0.2) is 0 Å². The molecule has 2 nitrogen and oxygen atoms in total. The van der Waals surface area contributed by atoms with Crippen LogP contribution in [0.2, 0.25) is 0 Å². The Hall–Kier alpha value is -4.82. The van der Waals surface area contributed by atoms with E-state index in [4.69, 9.17) is 0 Å². The zero-order valence-corrected chi connectivity index (χ0v) is 20.3. The van der Waals surface area contributed by atoms with Crippen LogP contribution in [0.4, 0.5) is 0 Å². The van der Waals surface area contributed by atoms with E-state index in [1.54, 1.807) is 0 Å². The molecule has 1 aliphatic rings. The molecule has 0 N–H and O–H groups in total. The van der Waals surface area contributed by atoms with Crippen molar-refractivity contribution in [2.75, 3.05) is 0 Å². The van der Waals surface area contributed by atoms with Crippen LogP contribution in [0.15, 0.2) is 134 Å². The Morgan fingerprint density at radius 3 is 1.65 bits per heavy atom. The molecule has 0 saturated heterocycles. The van der Waals surface area contributed by atoms with Crippen LogP contribution >= 0.6 is 0 Å². The largest absolute Gasteiger partial charge is 0.264 e. The summed E-state index contributed by atoms with van der Waals surface area (Å²) in [6.45, 7) is 0. The zero-order chi connectivity index (χ0) is 24.6. The van der Waals surface area contributed by atoms with Crippen LogP contribution in [0, 0.1) is 0 Å². The molecule has 0 atom stereocenters. The van der Waals surface area contributed by atoms with E-state index in [9.17, 15) is 0 Å². The summed E-state index contributed by atoms with van der Waals surface area (Å²) in [6.07, 6.45) is 8.44. The van der Waals surface area contributed by atoms with Crippen molar-refractivity contribution in [3.05, 3.63) is 145 Å². The van der Waals surface area contributed by atoms with Crippen molar-refractivity contribution < 1.29 is 0 Å². The van der Waals surface area contributed by atoms with E-state index in [0.29, 0.717) is 0 Å². The molecule has 0 bridgehead atoms. The lowest BCUT2D eigenvalue weighted by Crippen LogP contribution is -1.92. The van der Waals surface area contributed by atoms with Gasteiger partial charge in [-0.15, -0.1) is 0 Å². The molecule has 174 valence electrons. The lowest BCUT2D eigenvalue weighted by Gasteiger charge is -2.15. The van der Waals surface area contributed by atoms with Crippen LogP contribution in [-0.4, -0.2) is 9.97 Å². The Morgan fingerprint density at radius 2 is 0.973 bits per heavy atom. The molecule has 2 aromatic heterocycles. The molecule has 2 heterocycles. The second-order valence-electron chi connectivity index (χ2n) is 9.53. The summed E-state index contributed by atoms with van der Waals surface area (Å²) < 4.78 is 0. The molecule has 0 saturated carbocycles. The number of rotatable bonds is 4. The van der Waals surface area contributed by atoms with Gasteiger partial charge in [0.25, 0.3) is 0 Å².